The van der Waals surface area contributed by atoms with Gasteiger partial charge in [-0.15, -0.1) is 0 Å². The summed E-state index contributed by atoms with van der Waals surface area (Å²) >= 11 is 6.61. The van der Waals surface area contributed by atoms with Crippen LogP contribution in [0.2, 0.25) is 0 Å². The smallest absolute Gasteiger partial charge is 0.265 e. The van der Waals surface area contributed by atoms with Gasteiger partial charge in [0, 0.05) is 30.4 Å². The molecule has 1 amide bonds. The number of thioether (sulfide) groups is 1. The van der Waals surface area contributed by atoms with Crippen LogP contribution in [0.5, 0.6) is 0 Å². The van der Waals surface area contributed by atoms with Crippen molar-refractivity contribution in [2.75, 3.05) is 18.5 Å². The first kappa shape index (κ1) is 19.9. The third-order valence-electron chi connectivity index (χ3n) is 5.69. The summed E-state index contributed by atoms with van der Waals surface area (Å²) in [4.78, 5) is 16.9. The maximum atomic E-state index is 12.4. The number of fused-ring (bicyclic) bond motifs is 1. The minimum Gasteiger partial charge on any atom is -0.344 e. The van der Waals surface area contributed by atoms with Gasteiger partial charge in [-0.25, -0.2) is 0 Å². The second-order valence-electron chi connectivity index (χ2n) is 7.78. The van der Waals surface area contributed by atoms with Crippen LogP contribution in [0.4, 0.5) is 5.69 Å². The van der Waals surface area contributed by atoms with E-state index < -0.39 is 0 Å². The maximum absolute atomic E-state index is 12.4. The molecular weight excluding hydrogens is 396 g/mol. The van der Waals surface area contributed by atoms with Crippen LogP contribution in [-0.2, 0) is 10.2 Å². The predicted molar refractivity (Wildman–Crippen MR) is 127 cm³/mol. The number of likely N-dealkylation sites (N-methyl/N-ethyl adjacent to an activating group) is 2. The third kappa shape index (κ3) is 3.32. The second-order valence-corrected chi connectivity index (χ2v) is 9.46. The van der Waals surface area contributed by atoms with Gasteiger partial charge in [0.15, 0.2) is 0 Å². The number of hydrogen-bond donors (Lipinski definition) is 0. The molecule has 0 atom stereocenters. The van der Waals surface area contributed by atoms with Gasteiger partial charge >= 0.3 is 0 Å². The molecule has 0 unspecified atom stereocenters. The van der Waals surface area contributed by atoms with Crippen molar-refractivity contribution in [3.63, 3.8) is 0 Å². The van der Waals surface area contributed by atoms with Gasteiger partial charge in [-0.3, -0.25) is 9.69 Å². The fraction of sp³-hybridized carbons (Fsp3) is 0.250. The summed E-state index contributed by atoms with van der Waals surface area (Å²) in [5, 5.41) is 0. The third-order valence-corrected chi connectivity index (χ3v) is 7.20. The van der Waals surface area contributed by atoms with Crippen molar-refractivity contribution >= 4 is 39.9 Å². The Kier molecular flexibility index (Phi) is 5.13. The highest BCUT2D eigenvalue weighted by Gasteiger charge is 2.39. The number of nitrogens with zero attached hydrogens (tertiary/aromatic N) is 2. The van der Waals surface area contributed by atoms with Gasteiger partial charge in [-0.05, 0) is 47.9 Å². The topological polar surface area (TPSA) is 23.6 Å². The SMILES string of the molecule is CCN1/C(=C\C=C2\SC(=S)N(C)C2=O)C(C)(C)c2cc(-c3ccccc3)ccc21. The van der Waals surface area contributed by atoms with Crippen molar-refractivity contribution in [2.45, 2.75) is 26.2 Å². The summed E-state index contributed by atoms with van der Waals surface area (Å²) in [6, 6.07) is 17.2. The second kappa shape index (κ2) is 7.47. The molecule has 2 aromatic rings. The highest BCUT2D eigenvalue weighted by molar-refractivity contribution is 8.26. The Morgan fingerprint density at radius 1 is 1.07 bits per heavy atom. The zero-order valence-corrected chi connectivity index (χ0v) is 18.7. The number of hydrogen-bond acceptors (Lipinski definition) is 4. The zero-order chi connectivity index (χ0) is 20.8. The summed E-state index contributed by atoms with van der Waals surface area (Å²) < 4.78 is 0.605. The van der Waals surface area contributed by atoms with E-state index in [1.165, 1.54) is 44.7 Å². The van der Waals surface area contributed by atoms with E-state index >= 15 is 0 Å². The Morgan fingerprint density at radius 3 is 2.41 bits per heavy atom. The molecule has 0 spiro atoms. The summed E-state index contributed by atoms with van der Waals surface area (Å²) in [5.41, 5.74) is 6.02. The molecule has 148 valence electrons. The Labute approximate surface area is 182 Å². The Bertz CT molecular complexity index is 1050. The predicted octanol–water partition coefficient (Wildman–Crippen LogP) is 5.73. The van der Waals surface area contributed by atoms with Crippen LogP contribution in [0, 0.1) is 0 Å². The molecule has 2 aliphatic heterocycles. The standard InChI is InChI=1S/C24H24N2OS2/c1-5-26-19-12-11-17(16-9-7-6-8-10-16)15-18(19)24(2,3)21(26)14-13-20-22(27)25(4)23(28)29-20/h6-15H,5H2,1-4H3/b20-13+,21-14-. The molecule has 1 fully saturated rings. The zero-order valence-electron chi connectivity index (χ0n) is 17.1. The fourth-order valence-electron chi connectivity index (χ4n) is 4.04. The van der Waals surface area contributed by atoms with E-state index in [4.69, 9.17) is 12.2 Å². The summed E-state index contributed by atoms with van der Waals surface area (Å²) in [6.45, 7) is 7.53. The van der Waals surface area contributed by atoms with E-state index in [0.29, 0.717) is 9.23 Å². The number of allylic oxidation sites excluding steroid dienone is 3. The van der Waals surface area contributed by atoms with Crippen LogP contribution < -0.4 is 4.90 Å². The van der Waals surface area contributed by atoms with Crippen molar-refractivity contribution in [3.05, 3.63) is 76.8 Å². The number of carbonyl (C=O) groups is 1. The van der Waals surface area contributed by atoms with Crippen molar-refractivity contribution in [1.29, 1.82) is 0 Å². The normalized spacial score (nSPS) is 20.8. The van der Waals surface area contributed by atoms with Gasteiger partial charge in [0.2, 0.25) is 0 Å². The van der Waals surface area contributed by atoms with Gasteiger partial charge in [-0.2, -0.15) is 0 Å². The Balaban J connectivity index is 1.76. The molecule has 0 saturated carbocycles. The molecule has 2 aliphatic rings. The van der Waals surface area contributed by atoms with Crippen molar-refractivity contribution in [1.82, 2.24) is 4.90 Å². The summed E-state index contributed by atoms with van der Waals surface area (Å²) in [5.74, 6) is -0.0282. The Morgan fingerprint density at radius 2 is 1.79 bits per heavy atom. The first-order valence-corrected chi connectivity index (χ1v) is 11.0. The highest BCUT2D eigenvalue weighted by Crippen LogP contribution is 2.49. The van der Waals surface area contributed by atoms with E-state index in [-0.39, 0.29) is 11.3 Å². The molecule has 29 heavy (non-hydrogen) atoms. The molecule has 2 heterocycles. The van der Waals surface area contributed by atoms with Crippen molar-refractivity contribution in [3.8, 4) is 11.1 Å². The molecule has 5 heteroatoms. The average molecular weight is 421 g/mol. The minimum atomic E-state index is -0.161. The number of benzene rings is 2. The monoisotopic (exact) mass is 420 g/mol. The van der Waals surface area contributed by atoms with Crippen LogP contribution in [0.15, 0.2) is 71.3 Å². The summed E-state index contributed by atoms with van der Waals surface area (Å²) in [6.07, 6.45) is 4.01. The van der Waals surface area contributed by atoms with Crippen molar-refractivity contribution < 1.29 is 4.79 Å². The van der Waals surface area contributed by atoms with Crippen molar-refractivity contribution in [2.24, 2.45) is 0 Å². The quantitative estimate of drug-likeness (QED) is 0.467. The number of rotatable bonds is 3. The lowest BCUT2D eigenvalue weighted by molar-refractivity contribution is -0.121. The van der Waals surface area contributed by atoms with E-state index in [0.717, 1.165) is 6.54 Å². The highest BCUT2D eigenvalue weighted by atomic mass is 32.2. The first-order valence-electron chi connectivity index (χ1n) is 9.74. The summed E-state index contributed by atoms with van der Waals surface area (Å²) in [7, 11) is 1.73. The molecule has 0 radical (unpaired) electrons. The average Bonchev–Trinajstić information content (AvgIpc) is 3.10. The van der Waals surface area contributed by atoms with E-state index in [2.05, 4.69) is 74.2 Å². The van der Waals surface area contributed by atoms with E-state index in [1.54, 1.807) is 7.05 Å². The van der Waals surface area contributed by atoms with Gasteiger partial charge < -0.3 is 4.90 Å². The number of thiocarbonyl (C=S) groups is 1. The number of amides is 1. The maximum Gasteiger partial charge on any atom is 0.265 e. The molecule has 3 nitrogen and oxygen atoms in total. The molecule has 0 aliphatic carbocycles. The Hall–Kier alpha value is -2.37. The van der Waals surface area contributed by atoms with Gasteiger partial charge in [-0.1, -0.05) is 74.2 Å². The minimum absolute atomic E-state index is 0.0282. The van der Waals surface area contributed by atoms with E-state index in [1.807, 2.05) is 12.1 Å². The molecular formula is C24H24N2OS2. The van der Waals surface area contributed by atoms with Gasteiger partial charge in [0.05, 0.1) is 4.91 Å². The lowest BCUT2D eigenvalue weighted by Gasteiger charge is -2.25. The van der Waals surface area contributed by atoms with Crippen LogP contribution in [-0.4, -0.2) is 28.7 Å². The molecule has 1 saturated heterocycles. The fourth-order valence-corrected chi connectivity index (χ4v) is 5.16. The molecule has 2 aromatic carbocycles. The lowest BCUT2D eigenvalue weighted by atomic mass is 9.82. The van der Waals surface area contributed by atoms with Gasteiger partial charge in [0.25, 0.3) is 5.91 Å². The lowest BCUT2D eigenvalue weighted by Crippen LogP contribution is -2.26. The molecule has 0 N–H and O–H groups in total. The molecule has 0 bridgehead atoms. The molecule has 0 aromatic heterocycles. The van der Waals surface area contributed by atoms with Crippen LogP contribution >= 0.6 is 24.0 Å². The van der Waals surface area contributed by atoms with Crippen LogP contribution in [0.3, 0.4) is 0 Å². The van der Waals surface area contributed by atoms with Crippen LogP contribution in [0.1, 0.15) is 26.3 Å². The number of carbonyl (C=O) groups excluding carboxylic acids is 1. The van der Waals surface area contributed by atoms with E-state index in [9.17, 15) is 4.79 Å². The van der Waals surface area contributed by atoms with Crippen LogP contribution in [0.25, 0.3) is 11.1 Å². The van der Waals surface area contributed by atoms with Gasteiger partial charge in [0.1, 0.15) is 4.32 Å². The first-order chi connectivity index (χ1) is 13.8. The number of anilines is 1. The molecule has 4 rings (SSSR count). The largest absolute Gasteiger partial charge is 0.344 e.